The molecule has 2 heterocycles. The molecule has 3 aliphatic rings. The first-order valence-corrected chi connectivity index (χ1v) is 12.0. The molecule has 0 bridgehead atoms. The van der Waals surface area contributed by atoms with Crippen LogP contribution in [0.3, 0.4) is 0 Å². The minimum Gasteiger partial charge on any atom is -0.320 e. The summed E-state index contributed by atoms with van der Waals surface area (Å²) in [5, 5.41) is 11.2. The van der Waals surface area contributed by atoms with Crippen molar-refractivity contribution in [1.82, 2.24) is 14.8 Å². The molecule has 1 spiro atoms. The first kappa shape index (κ1) is 21.4. The van der Waals surface area contributed by atoms with E-state index in [4.69, 9.17) is 5.14 Å². The number of carbonyl (C=O) groups excluding carboxylic acids is 1. The fraction of sp³-hybridized carbons (Fsp3) is 0.550. The van der Waals surface area contributed by atoms with Gasteiger partial charge < -0.3 is 5.32 Å². The SMILES string of the molecule is NS(=O)(=O)c1cc(NC(=O)c2c(C(F)(F)F)c(C3CC3)nn2CC2CC3(CC3)C2)ccn1. The highest BCUT2D eigenvalue weighted by atomic mass is 32.2. The second-order valence-electron chi connectivity index (χ2n) is 9.22. The van der Waals surface area contributed by atoms with Crippen LogP contribution < -0.4 is 10.5 Å². The van der Waals surface area contributed by atoms with E-state index in [1.807, 2.05) is 0 Å². The number of alkyl halides is 3. The number of sulfonamides is 1. The predicted octanol–water partition coefficient (Wildman–Crippen LogP) is 3.26. The van der Waals surface area contributed by atoms with Gasteiger partial charge in [-0.3, -0.25) is 9.48 Å². The normalized spacial score (nSPS) is 20.2. The van der Waals surface area contributed by atoms with Gasteiger partial charge in [0.2, 0.25) is 0 Å². The number of amides is 1. The Morgan fingerprint density at radius 1 is 1.28 bits per heavy atom. The summed E-state index contributed by atoms with van der Waals surface area (Å²) >= 11 is 0. The standard InChI is InChI=1S/C20H22F3N5O3S/c21-20(22,23)15-16(12-1-2-12)27-28(10-11-8-19(9-11)4-5-19)17(15)18(29)26-13-3-6-25-14(7-13)32(24,30)31/h3,6-7,11-12H,1-2,4-5,8-10H2,(H2,24,30,31)(H,25,26,29). The zero-order chi connectivity index (χ0) is 22.9. The highest BCUT2D eigenvalue weighted by molar-refractivity contribution is 7.89. The van der Waals surface area contributed by atoms with E-state index in [0.717, 1.165) is 37.9 Å². The number of nitrogens with two attached hydrogens (primary N) is 1. The lowest BCUT2D eigenvalue weighted by Gasteiger charge is -2.36. The molecule has 0 atom stereocenters. The molecule has 0 saturated heterocycles. The number of halogens is 3. The summed E-state index contributed by atoms with van der Waals surface area (Å²) in [5.41, 5.74) is -1.27. The second-order valence-corrected chi connectivity index (χ2v) is 10.7. The van der Waals surface area contributed by atoms with E-state index in [1.165, 1.54) is 10.7 Å². The maximum atomic E-state index is 14.1. The highest BCUT2D eigenvalue weighted by Gasteiger charge is 2.53. The Labute approximate surface area is 182 Å². The van der Waals surface area contributed by atoms with Gasteiger partial charge in [-0.2, -0.15) is 18.3 Å². The fourth-order valence-corrected chi connectivity index (χ4v) is 5.22. The van der Waals surface area contributed by atoms with Crippen LogP contribution in [0.1, 0.15) is 66.2 Å². The van der Waals surface area contributed by atoms with Gasteiger partial charge in [0, 0.05) is 30.4 Å². The van der Waals surface area contributed by atoms with E-state index in [9.17, 15) is 26.4 Å². The number of nitrogens with zero attached hydrogens (tertiary/aromatic N) is 3. The third-order valence-corrected chi connectivity index (χ3v) is 7.36. The van der Waals surface area contributed by atoms with Crippen molar-refractivity contribution in [1.29, 1.82) is 0 Å². The molecular formula is C20H22F3N5O3S. The minimum absolute atomic E-state index is 0.0246. The maximum Gasteiger partial charge on any atom is 0.420 e. The monoisotopic (exact) mass is 469 g/mol. The summed E-state index contributed by atoms with van der Waals surface area (Å²) in [6.07, 6.45) is 1.77. The van der Waals surface area contributed by atoms with Crippen LogP contribution in [-0.4, -0.2) is 29.1 Å². The van der Waals surface area contributed by atoms with Crippen molar-refractivity contribution in [2.24, 2.45) is 16.5 Å². The lowest BCUT2D eigenvalue weighted by atomic mass is 9.72. The first-order valence-electron chi connectivity index (χ1n) is 10.4. The van der Waals surface area contributed by atoms with Gasteiger partial charge in [0.05, 0.1) is 5.69 Å². The molecule has 3 N–H and O–H groups in total. The number of aromatic nitrogens is 3. The largest absolute Gasteiger partial charge is 0.420 e. The van der Waals surface area contributed by atoms with Crippen molar-refractivity contribution in [3.63, 3.8) is 0 Å². The first-order chi connectivity index (χ1) is 15.0. The minimum atomic E-state index is -4.75. The Balaban J connectivity index is 1.50. The number of nitrogens with one attached hydrogen (secondary N) is 1. The van der Waals surface area contributed by atoms with Crippen molar-refractivity contribution in [3.05, 3.63) is 35.3 Å². The van der Waals surface area contributed by atoms with Crippen LogP contribution >= 0.6 is 0 Å². The molecule has 0 unspecified atom stereocenters. The van der Waals surface area contributed by atoms with E-state index in [-0.39, 0.29) is 29.8 Å². The fourth-order valence-electron chi connectivity index (χ4n) is 4.72. The average Bonchev–Trinajstić information content (AvgIpc) is 3.57. The smallest absolute Gasteiger partial charge is 0.320 e. The van der Waals surface area contributed by atoms with Crippen LogP contribution in [0.25, 0.3) is 0 Å². The lowest BCUT2D eigenvalue weighted by Crippen LogP contribution is -2.31. The molecule has 3 saturated carbocycles. The number of primary sulfonamides is 1. The third-order valence-electron chi connectivity index (χ3n) is 6.56. The average molecular weight is 469 g/mol. The van der Waals surface area contributed by atoms with Gasteiger partial charge in [-0.1, -0.05) is 0 Å². The molecule has 0 radical (unpaired) electrons. The van der Waals surface area contributed by atoms with Crippen LogP contribution in [0.2, 0.25) is 0 Å². The Bertz CT molecular complexity index is 1190. The molecule has 2 aromatic heterocycles. The molecule has 8 nitrogen and oxygen atoms in total. The Kier molecular flexibility index (Phi) is 4.68. The molecule has 32 heavy (non-hydrogen) atoms. The van der Waals surface area contributed by atoms with Crippen molar-refractivity contribution < 1.29 is 26.4 Å². The summed E-state index contributed by atoms with van der Waals surface area (Å²) in [5.74, 6) is -1.11. The number of carbonyl (C=O) groups is 1. The molecule has 0 aliphatic heterocycles. The lowest BCUT2D eigenvalue weighted by molar-refractivity contribution is -0.138. The molecule has 3 fully saturated rings. The van der Waals surface area contributed by atoms with Gasteiger partial charge in [0.1, 0.15) is 11.3 Å². The number of hydrogen-bond acceptors (Lipinski definition) is 5. The summed E-state index contributed by atoms with van der Waals surface area (Å²) in [6.45, 7) is 0.249. The molecule has 1 amide bonds. The summed E-state index contributed by atoms with van der Waals surface area (Å²) in [7, 11) is -4.14. The molecule has 5 rings (SSSR count). The molecule has 12 heteroatoms. The molecular weight excluding hydrogens is 447 g/mol. The van der Waals surface area contributed by atoms with E-state index in [2.05, 4.69) is 15.4 Å². The van der Waals surface area contributed by atoms with Crippen molar-refractivity contribution in [3.8, 4) is 0 Å². The quantitative estimate of drug-likeness (QED) is 0.673. The van der Waals surface area contributed by atoms with Gasteiger partial charge >= 0.3 is 6.18 Å². The van der Waals surface area contributed by atoms with Gasteiger partial charge in [-0.25, -0.2) is 18.5 Å². The summed E-state index contributed by atoms with van der Waals surface area (Å²) in [6, 6.07) is 2.29. The predicted molar refractivity (Wildman–Crippen MR) is 107 cm³/mol. The number of anilines is 1. The highest BCUT2D eigenvalue weighted by Crippen LogP contribution is 2.63. The Morgan fingerprint density at radius 2 is 1.97 bits per heavy atom. The van der Waals surface area contributed by atoms with Crippen LogP contribution in [-0.2, 0) is 22.7 Å². The van der Waals surface area contributed by atoms with Gasteiger partial charge in [-0.05, 0) is 55.9 Å². The van der Waals surface area contributed by atoms with E-state index < -0.39 is 38.4 Å². The van der Waals surface area contributed by atoms with Gasteiger partial charge in [-0.15, -0.1) is 0 Å². The zero-order valence-electron chi connectivity index (χ0n) is 17.0. The number of rotatable bonds is 6. The van der Waals surface area contributed by atoms with Crippen LogP contribution in [0.5, 0.6) is 0 Å². The Morgan fingerprint density at radius 3 is 2.53 bits per heavy atom. The van der Waals surface area contributed by atoms with Gasteiger partial charge in [0.25, 0.3) is 15.9 Å². The van der Waals surface area contributed by atoms with Crippen molar-refractivity contribution in [2.75, 3.05) is 5.32 Å². The third kappa shape index (κ3) is 4.01. The van der Waals surface area contributed by atoms with E-state index in [0.29, 0.717) is 18.3 Å². The molecule has 2 aromatic rings. The number of pyridine rings is 1. The van der Waals surface area contributed by atoms with Crippen LogP contribution in [0, 0.1) is 11.3 Å². The molecule has 0 aromatic carbocycles. The maximum absolute atomic E-state index is 14.1. The van der Waals surface area contributed by atoms with Crippen molar-refractivity contribution in [2.45, 2.75) is 62.2 Å². The summed E-state index contributed by atoms with van der Waals surface area (Å²) < 4.78 is 66.4. The number of hydrogen-bond donors (Lipinski definition) is 2. The molecule has 172 valence electrons. The Hall–Kier alpha value is -2.47. The molecule has 3 aliphatic carbocycles. The zero-order valence-corrected chi connectivity index (χ0v) is 17.8. The summed E-state index contributed by atoms with van der Waals surface area (Å²) in [4.78, 5) is 16.7. The van der Waals surface area contributed by atoms with Crippen LogP contribution in [0.4, 0.5) is 18.9 Å². The topological polar surface area (TPSA) is 120 Å². The van der Waals surface area contributed by atoms with E-state index in [1.54, 1.807) is 0 Å². The van der Waals surface area contributed by atoms with Crippen LogP contribution in [0.15, 0.2) is 23.4 Å². The second kappa shape index (κ2) is 7.01. The van der Waals surface area contributed by atoms with Crippen molar-refractivity contribution >= 4 is 21.6 Å². The van der Waals surface area contributed by atoms with E-state index >= 15 is 0 Å². The van der Waals surface area contributed by atoms with Gasteiger partial charge in [0.15, 0.2) is 5.03 Å².